The SMILES string of the molecule is c1ccc2c(c1)-c1cccc3ccc(-c4cnccn4)c-2c13. The maximum absolute atomic E-state index is 4.50. The lowest BCUT2D eigenvalue weighted by molar-refractivity contribution is 1.21. The average Bonchev–Trinajstić information content (AvgIpc) is 2.93. The van der Waals surface area contributed by atoms with Crippen molar-refractivity contribution in [1.29, 1.82) is 0 Å². The highest BCUT2D eigenvalue weighted by molar-refractivity contribution is 6.18. The second kappa shape index (κ2) is 4.25. The Hall–Kier alpha value is -3.00. The molecule has 1 aliphatic carbocycles. The summed E-state index contributed by atoms with van der Waals surface area (Å²) in [7, 11) is 0. The summed E-state index contributed by atoms with van der Waals surface area (Å²) in [5.74, 6) is 0. The van der Waals surface area contributed by atoms with E-state index >= 15 is 0 Å². The summed E-state index contributed by atoms with van der Waals surface area (Å²) in [6, 6.07) is 19.5. The van der Waals surface area contributed by atoms with E-state index in [1.54, 1.807) is 12.4 Å². The van der Waals surface area contributed by atoms with Gasteiger partial charge >= 0.3 is 0 Å². The Balaban J connectivity index is 1.98. The van der Waals surface area contributed by atoms with Crippen molar-refractivity contribution in [3.05, 3.63) is 73.2 Å². The van der Waals surface area contributed by atoms with Crippen LogP contribution in [0.1, 0.15) is 0 Å². The van der Waals surface area contributed by atoms with Gasteiger partial charge in [0, 0.05) is 23.5 Å². The van der Waals surface area contributed by atoms with E-state index in [1.807, 2.05) is 6.20 Å². The van der Waals surface area contributed by atoms with Crippen LogP contribution in [0.25, 0.3) is 44.3 Å². The third-order valence-electron chi connectivity index (χ3n) is 4.37. The Labute approximate surface area is 128 Å². The Morgan fingerprint density at radius 2 is 1.50 bits per heavy atom. The summed E-state index contributed by atoms with van der Waals surface area (Å²) in [4.78, 5) is 8.72. The van der Waals surface area contributed by atoms with Crippen molar-refractivity contribution in [3.8, 4) is 33.5 Å². The first kappa shape index (κ1) is 11.6. The van der Waals surface area contributed by atoms with Gasteiger partial charge in [-0.05, 0) is 27.5 Å². The van der Waals surface area contributed by atoms with Crippen LogP contribution in [0.4, 0.5) is 0 Å². The maximum Gasteiger partial charge on any atom is 0.0891 e. The van der Waals surface area contributed by atoms with Crippen molar-refractivity contribution < 1.29 is 0 Å². The van der Waals surface area contributed by atoms with Crippen LogP contribution < -0.4 is 0 Å². The molecule has 1 aromatic heterocycles. The molecule has 0 saturated carbocycles. The largest absolute Gasteiger partial charge is 0.261 e. The second-order valence-corrected chi connectivity index (χ2v) is 5.53. The summed E-state index contributed by atoms with van der Waals surface area (Å²) >= 11 is 0. The molecule has 0 atom stereocenters. The van der Waals surface area contributed by atoms with Crippen LogP contribution in [0.3, 0.4) is 0 Å². The van der Waals surface area contributed by atoms with Crippen LogP contribution in [-0.2, 0) is 0 Å². The van der Waals surface area contributed by atoms with Crippen molar-refractivity contribution >= 4 is 10.8 Å². The first-order chi connectivity index (χ1) is 10.9. The summed E-state index contributed by atoms with van der Waals surface area (Å²) in [6.07, 6.45) is 5.30. The van der Waals surface area contributed by atoms with Gasteiger partial charge < -0.3 is 0 Å². The minimum atomic E-state index is 0.922. The van der Waals surface area contributed by atoms with Crippen molar-refractivity contribution in [2.75, 3.05) is 0 Å². The van der Waals surface area contributed by atoms with Gasteiger partial charge in [-0.1, -0.05) is 54.6 Å². The van der Waals surface area contributed by atoms with Crippen LogP contribution in [0.15, 0.2) is 73.2 Å². The predicted molar refractivity (Wildman–Crippen MR) is 89.4 cm³/mol. The molecule has 0 aliphatic heterocycles. The summed E-state index contributed by atoms with van der Waals surface area (Å²) in [5, 5.41) is 2.60. The van der Waals surface area contributed by atoms with Gasteiger partial charge in [0.05, 0.1) is 11.9 Å². The normalized spacial score (nSPS) is 11.6. The summed E-state index contributed by atoms with van der Waals surface area (Å²) in [6.45, 7) is 0. The number of hydrogen-bond donors (Lipinski definition) is 0. The molecule has 0 radical (unpaired) electrons. The number of benzene rings is 3. The molecule has 0 bridgehead atoms. The quantitative estimate of drug-likeness (QED) is 0.434. The maximum atomic E-state index is 4.50. The standard InChI is InChI=1S/C20H12N2/c1-2-6-16-14(5-1)15-7-3-4-13-8-9-17(20(16)19(13)15)18-12-21-10-11-22-18/h1-12H. The molecular formula is C20H12N2. The number of nitrogens with zero attached hydrogens (tertiary/aromatic N) is 2. The first-order valence-corrected chi connectivity index (χ1v) is 7.35. The Morgan fingerprint density at radius 1 is 0.636 bits per heavy atom. The van der Waals surface area contributed by atoms with E-state index in [1.165, 1.54) is 33.0 Å². The lowest BCUT2D eigenvalue weighted by Crippen LogP contribution is -1.88. The lowest BCUT2D eigenvalue weighted by atomic mass is 9.96. The number of hydrogen-bond acceptors (Lipinski definition) is 2. The van der Waals surface area contributed by atoms with Crippen LogP contribution in [0, 0.1) is 0 Å². The molecule has 5 rings (SSSR count). The third-order valence-corrected chi connectivity index (χ3v) is 4.37. The summed E-state index contributed by atoms with van der Waals surface area (Å²) < 4.78 is 0. The highest BCUT2D eigenvalue weighted by Crippen LogP contribution is 2.50. The minimum absolute atomic E-state index is 0.922. The molecule has 22 heavy (non-hydrogen) atoms. The van der Waals surface area contributed by atoms with Gasteiger partial charge in [-0.25, -0.2) is 0 Å². The lowest BCUT2D eigenvalue weighted by Gasteiger charge is -2.09. The van der Waals surface area contributed by atoms with E-state index < -0.39 is 0 Å². The monoisotopic (exact) mass is 280 g/mol. The number of aromatic nitrogens is 2. The fourth-order valence-corrected chi connectivity index (χ4v) is 3.47. The van der Waals surface area contributed by atoms with Gasteiger partial charge in [-0.3, -0.25) is 9.97 Å². The van der Waals surface area contributed by atoms with Crippen LogP contribution in [0.2, 0.25) is 0 Å². The van der Waals surface area contributed by atoms with E-state index in [4.69, 9.17) is 0 Å². The zero-order valence-corrected chi connectivity index (χ0v) is 11.8. The predicted octanol–water partition coefficient (Wildman–Crippen LogP) is 4.94. The van der Waals surface area contributed by atoms with Crippen molar-refractivity contribution in [2.24, 2.45) is 0 Å². The van der Waals surface area contributed by atoms with Crippen LogP contribution in [-0.4, -0.2) is 9.97 Å². The Bertz CT molecular complexity index is 1020. The molecule has 0 fully saturated rings. The molecule has 0 saturated heterocycles. The van der Waals surface area contributed by atoms with Gasteiger partial charge in [0.1, 0.15) is 0 Å². The van der Waals surface area contributed by atoms with Gasteiger partial charge in [-0.15, -0.1) is 0 Å². The fraction of sp³-hybridized carbons (Fsp3) is 0. The molecule has 0 unspecified atom stereocenters. The first-order valence-electron chi connectivity index (χ1n) is 7.35. The molecule has 4 aromatic rings. The molecule has 3 aromatic carbocycles. The molecule has 1 heterocycles. The van der Waals surface area contributed by atoms with E-state index in [2.05, 4.69) is 64.6 Å². The zero-order valence-electron chi connectivity index (χ0n) is 11.8. The smallest absolute Gasteiger partial charge is 0.0891 e. The second-order valence-electron chi connectivity index (χ2n) is 5.53. The van der Waals surface area contributed by atoms with Crippen LogP contribution in [0.5, 0.6) is 0 Å². The molecular weight excluding hydrogens is 268 g/mol. The van der Waals surface area contributed by atoms with E-state index in [9.17, 15) is 0 Å². The van der Waals surface area contributed by atoms with E-state index in [0.29, 0.717) is 0 Å². The Morgan fingerprint density at radius 3 is 2.36 bits per heavy atom. The van der Waals surface area contributed by atoms with Crippen LogP contribution >= 0.6 is 0 Å². The number of rotatable bonds is 1. The topological polar surface area (TPSA) is 25.8 Å². The van der Waals surface area contributed by atoms with Gasteiger partial charge in [0.25, 0.3) is 0 Å². The van der Waals surface area contributed by atoms with Gasteiger partial charge in [0.15, 0.2) is 0 Å². The number of fused-ring (bicyclic) bond motifs is 3. The molecule has 2 nitrogen and oxygen atoms in total. The molecule has 1 aliphatic rings. The highest BCUT2D eigenvalue weighted by Gasteiger charge is 2.24. The van der Waals surface area contributed by atoms with Gasteiger partial charge in [-0.2, -0.15) is 0 Å². The molecule has 102 valence electrons. The minimum Gasteiger partial charge on any atom is -0.261 e. The van der Waals surface area contributed by atoms with Crippen molar-refractivity contribution in [3.63, 3.8) is 0 Å². The molecule has 0 amide bonds. The fourth-order valence-electron chi connectivity index (χ4n) is 3.47. The van der Waals surface area contributed by atoms with E-state index in [0.717, 1.165) is 11.3 Å². The Kier molecular flexibility index (Phi) is 2.25. The average molecular weight is 280 g/mol. The zero-order chi connectivity index (χ0) is 14.5. The van der Waals surface area contributed by atoms with E-state index in [-0.39, 0.29) is 0 Å². The molecule has 2 heteroatoms. The van der Waals surface area contributed by atoms with Crippen molar-refractivity contribution in [1.82, 2.24) is 9.97 Å². The highest BCUT2D eigenvalue weighted by atomic mass is 14.8. The van der Waals surface area contributed by atoms with Crippen molar-refractivity contribution in [2.45, 2.75) is 0 Å². The molecule has 0 N–H and O–H groups in total. The molecule has 0 spiro atoms. The third kappa shape index (κ3) is 1.44. The summed E-state index contributed by atoms with van der Waals surface area (Å²) in [5.41, 5.74) is 7.26. The van der Waals surface area contributed by atoms with Gasteiger partial charge in [0.2, 0.25) is 0 Å².